The van der Waals surface area contributed by atoms with E-state index in [1.165, 1.54) is 18.2 Å². The minimum Gasteiger partial charge on any atom is -0.481 e. The zero-order chi connectivity index (χ0) is 15.6. The van der Waals surface area contributed by atoms with Crippen LogP contribution < -0.4 is 5.32 Å². The van der Waals surface area contributed by atoms with Crippen LogP contribution in [0.25, 0.3) is 0 Å². The van der Waals surface area contributed by atoms with E-state index in [0.717, 1.165) is 0 Å². The number of anilines is 1. The van der Waals surface area contributed by atoms with Gasteiger partial charge >= 0.3 is 5.97 Å². The number of amides is 1. The molecule has 1 fully saturated rings. The molecule has 0 radical (unpaired) electrons. The van der Waals surface area contributed by atoms with E-state index in [1.807, 2.05) is 6.92 Å². The highest BCUT2D eigenvalue weighted by atomic mass is 16.6. The highest BCUT2D eigenvalue weighted by Crippen LogP contribution is 2.37. The molecule has 1 amide bonds. The molecule has 21 heavy (non-hydrogen) atoms. The van der Waals surface area contributed by atoms with E-state index in [0.29, 0.717) is 12.8 Å². The third-order valence-electron chi connectivity index (χ3n) is 3.81. The Bertz CT molecular complexity index is 586. The van der Waals surface area contributed by atoms with Gasteiger partial charge in [0.15, 0.2) is 0 Å². The summed E-state index contributed by atoms with van der Waals surface area (Å²) in [5.74, 6) is -2.71. The Balaban J connectivity index is 2.18. The molecule has 2 N–H and O–H groups in total. The van der Waals surface area contributed by atoms with Gasteiger partial charge in [0, 0.05) is 6.07 Å². The van der Waals surface area contributed by atoms with Crippen molar-refractivity contribution in [1.82, 2.24) is 0 Å². The lowest BCUT2D eigenvalue weighted by Gasteiger charge is -2.15. The monoisotopic (exact) mass is 292 g/mol. The van der Waals surface area contributed by atoms with Gasteiger partial charge in [-0.15, -0.1) is 0 Å². The number of carbonyl (C=O) groups excluding carboxylic acids is 1. The molecule has 0 spiro atoms. The number of carboxylic acid groups (broad SMARTS) is 1. The van der Waals surface area contributed by atoms with Gasteiger partial charge in [-0.1, -0.05) is 19.1 Å². The lowest BCUT2D eigenvalue weighted by atomic mass is 9.95. The number of benzene rings is 1. The molecular formula is C14H16N2O5. The maximum atomic E-state index is 12.3. The van der Waals surface area contributed by atoms with Gasteiger partial charge in [-0.2, -0.15) is 0 Å². The number of aliphatic carboxylic acids is 1. The summed E-state index contributed by atoms with van der Waals surface area (Å²) in [6.45, 7) is 1.90. The van der Waals surface area contributed by atoms with Crippen LogP contribution in [0.1, 0.15) is 19.8 Å². The quantitative estimate of drug-likeness (QED) is 0.653. The first-order chi connectivity index (χ1) is 9.90. The summed E-state index contributed by atoms with van der Waals surface area (Å²) in [7, 11) is 0. The fourth-order valence-corrected chi connectivity index (χ4v) is 2.82. The van der Waals surface area contributed by atoms with Crippen LogP contribution in [-0.2, 0) is 9.59 Å². The average Bonchev–Trinajstić information content (AvgIpc) is 2.81. The molecule has 0 aromatic heterocycles. The van der Waals surface area contributed by atoms with Crippen LogP contribution in [0.4, 0.5) is 11.4 Å². The fraction of sp³-hybridized carbons (Fsp3) is 0.429. The molecule has 1 unspecified atom stereocenters. The number of nitro benzene ring substituents is 1. The molecule has 2 rings (SSSR count). The van der Waals surface area contributed by atoms with E-state index in [2.05, 4.69) is 5.32 Å². The maximum Gasteiger partial charge on any atom is 0.307 e. The smallest absolute Gasteiger partial charge is 0.307 e. The number of hydrogen-bond donors (Lipinski definition) is 2. The van der Waals surface area contributed by atoms with Crippen LogP contribution in [0, 0.1) is 27.9 Å². The number of nitrogens with zero attached hydrogens (tertiary/aromatic N) is 1. The second kappa shape index (κ2) is 5.90. The summed E-state index contributed by atoms with van der Waals surface area (Å²) in [5, 5.41) is 22.6. The van der Waals surface area contributed by atoms with Crippen molar-refractivity contribution in [2.75, 3.05) is 5.32 Å². The van der Waals surface area contributed by atoms with Crippen molar-refractivity contribution in [1.29, 1.82) is 0 Å². The molecule has 7 nitrogen and oxygen atoms in total. The number of carboxylic acids is 1. The molecule has 3 atom stereocenters. The minimum atomic E-state index is -0.998. The van der Waals surface area contributed by atoms with E-state index < -0.39 is 28.6 Å². The molecule has 1 aliphatic carbocycles. The van der Waals surface area contributed by atoms with Gasteiger partial charge in [-0.05, 0) is 24.8 Å². The Kier molecular flexibility index (Phi) is 4.21. The Morgan fingerprint density at radius 3 is 2.52 bits per heavy atom. The first-order valence-corrected chi connectivity index (χ1v) is 6.67. The average molecular weight is 292 g/mol. The van der Waals surface area contributed by atoms with Crippen LogP contribution in [-0.4, -0.2) is 21.9 Å². The van der Waals surface area contributed by atoms with E-state index >= 15 is 0 Å². The Morgan fingerprint density at radius 2 is 1.90 bits per heavy atom. The molecular weight excluding hydrogens is 276 g/mol. The molecule has 1 aliphatic rings. The molecule has 0 heterocycles. The molecule has 1 aromatic rings. The summed E-state index contributed by atoms with van der Waals surface area (Å²) in [5.41, 5.74) is -0.111. The molecule has 1 saturated carbocycles. The van der Waals surface area contributed by atoms with Crippen LogP contribution >= 0.6 is 0 Å². The Hall–Kier alpha value is -2.44. The normalized spacial score (nSPS) is 24.5. The molecule has 112 valence electrons. The van der Waals surface area contributed by atoms with E-state index in [1.54, 1.807) is 6.07 Å². The van der Waals surface area contributed by atoms with Crippen molar-refractivity contribution in [2.45, 2.75) is 19.8 Å². The number of para-hydroxylation sites is 2. The first-order valence-electron chi connectivity index (χ1n) is 6.67. The third-order valence-corrected chi connectivity index (χ3v) is 3.81. The van der Waals surface area contributed by atoms with Crippen LogP contribution in [0.3, 0.4) is 0 Å². The highest BCUT2D eigenvalue weighted by molar-refractivity contribution is 5.97. The zero-order valence-electron chi connectivity index (χ0n) is 11.5. The van der Waals surface area contributed by atoms with Crippen molar-refractivity contribution in [2.24, 2.45) is 17.8 Å². The van der Waals surface area contributed by atoms with Crippen molar-refractivity contribution in [3.8, 4) is 0 Å². The van der Waals surface area contributed by atoms with Crippen LogP contribution in [0.5, 0.6) is 0 Å². The van der Waals surface area contributed by atoms with E-state index in [4.69, 9.17) is 0 Å². The molecule has 7 heteroatoms. The molecule has 0 saturated heterocycles. The van der Waals surface area contributed by atoms with Crippen LogP contribution in [0.2, 0.25) is 0 Å². The van der Waals surface area contributed by atoms with Crippen molar-refractivity contribution < 1.29 is 19.6 Å². The fourth-order valence-electron chi connectivity index (χ4n) is 2.82. The lowest BCUT2D eigenvalue weighted by molar-refractivity contribution is -0.383. The minimum absolute atomic E-state index is 0.0937. The summed E-state index contributed by atoms with van der Waals surface area (Å²) in [4.78, 5) is 33.8. The van der Waals surface area contributed by atoms with Gasteiger partial charge in [0.1, 0.15) is 5.69 Å². The van der Waals surface area contributed by atoms with Gasteiger partial charge in [-0.3, -0.25) is 19.7 Å². The lowest BCUT2D eigenvalue weighted by Crippen LogP contribution is -2.30. The predicted octanol–water partition coefficient (Wildman–Crippen LogP) is 2.28. The summed E-state index contributed by atoms with van der Waals surface area (Å²) in [6.07, 6.45) is 0.924. The molecule has 1 aromatic carbocycles. The first kappa shape index (κ1) is 15.0. The summed E-state index contributed by atoms with van der Waals surface area (Å²) < 4.78 is 0. The predicted molar refractivity (Wildman–Crippen MR) is 74.7 cm³/mol. The molecule has 0 aliphatic heterocycles. The number of hydrogen-bond acceptors (Lipinski definition) is 4. The molecule has 0 bridgehead atoms. The van der Waals surface area contributed by atoms with E-state index in [9.17, 15) is 24.8 Å². The van der Waals surface area contributed by atoms with Crippen molar-refractivity contribution in [3.05, 3.63) is 34.4 Å². The number of carbonyl (C=O) groups is 2. The van der Waals surface area contributed by atoms with Gasteiger partial charge in [0.25, 0.3) is 5.69 Å². The maximum absolute atomic E-state index is 12.3. The number of nitro groups is 1. The van der Waals surface area contributed by atoms with Gasteiger partial charge in [-0.25, -0.2) is 0 Å². The van der Waals surface area contributed by atoms with Crippen molar-refractivity contribution in [3.63, 3.8) is 0 Å². The topological polar surface area (TPSA) is 110 Å². The number of rotatable bonds is 4. The summed E-state index contributed by atoms with van der Waals surface area (Å²) >= 11 is 0. The highest BCUT2D eigenvalue weighted by Gasteiger charge is 2.41. The van der Waals surface area contributed by atoms with Gasteiger partial charge in [0.05, 0.1) is 16.8 Å². The summed E-state index contributed by atoms with van der Waals surface area (Å²) in [6, 6.07) is 5.81. The Morgan fingerprint density at radius 1 is 1.29 bits per heavy atom. The van der Waals surface area contributed by atoms with E-state index in [-0.39, 0.29) is 17.3 Å². The van der Waals surface area contributed by atoms with Gasteiger partial charge < -0.3 is 10.4 Å². The standard InChI is InChI=1S/C14H16N2O5/c1-8-6-9(10(7-8)14(18)19)13(17)15-11-4-2-3-5-12(11)16(20)21/h2-5,8-10H,6-7H2,1H3,(H,15,17)(H,18,19)/t8?,9-,10+/m0/s1. The second-order valence-corrected chi connectivity index (χ2v) is 5.39. The number of nitrogens with one attached hydrogen (secondary N) is 1. The third kappa shape index (κ3) is 3.18. The zero-order valence-corrected chi connectivity index (χ0v) is 11.5. The van der Waals surface area contributed by atoms with Crippen LogP contribution in [0.15, 0.2) is 24.3 Å². The SMILES string of the molecule is CC1C[C@H](C(=O)Nc2ccccc2[N+](=O)[O-])[C@H](C(=O)O)C1. The van der Waals surface area contributed by atoms with Crippen molar-refractivity contribution >= 4 is 23.3 Å². The Labute approximate surface area is 121 Å². The largest absolute Gasteiger partial charge is 0.481 e. The second-order valence-electron chi connectivity index (χ2n) is 5.39. The van der Waals surface area contributed by atoms with Gasteiger partial charge in [0.2, 0.25) is 5.91 Å².